The molecule has 0 aromatic carbocycles. The van der Waals surface area contributed by atoms with Gasteiger partial charge in [-0.15, -0.1) is 11.3 Å². The molecule has 1 aliphatic heterocycles. The summed E-state index contributed by atoms with van der Waals surface area (Å²) in [6.45, 7) is 4.01. The van der Waals surface area contributed by atoms with Gasteiger partial charge >= 0.3 is 0 Å². The average Bonchev–Trinajstić information content (AvgIpc) is 3.18. The van der Waals surface area contributed by atoms with Gasteiger partial charge in [0.15, 0.2) is 5.82 Å². The van der Waals surface area contributed by atoms with Gasteiger partial charge < -0.3 is 20.3 Å². The van der Waals surface area contributed by atoms with E-state index in [1.165, 1.54) is 21.9 Å². The largest absolute Gasteiger partial charge is 0.378 e. The van der Waals surface area contributed by atoms with Crippen molar-refractivity contribution < 1.29 is 13.2 Å². The minimum Gasteiger partial charge on any atom is -0.378 e. The second-order valence-corrected chi connectivity index (χ2v) is 11.2. The average molecular weight is 493 g/mol. The maximum atomic E-state index is 12.4. The van der Waals surface area contributed by atoms with Gasteiger partial charge in [0, 0.05) is 50.0 Å². The highest BCUT2D eigenvalue weighted by molar-refractivity contribution is 7.88. The van der Waals surface area contributed by atoms with Gasteiger partial charge in [-0.25, -0.2) is 28.4 Å². The Kier molecular flexibility index (Phi) is 7.05. The van der Waals surface area contributed by atoms with E-state index in [4.69, 9.17) is 20.4 Å². The molecule has 0 atom stereocenters. The fourth-order valence-corrected chi connectivity index (χ4v) is 5.39. The monoisotopic (exact) mass is 492 g/mol. The van der Waals surface area contributed by atoms with Gasteiger partial charge in [0.25, 0.3) is 0 Å². The molecule has 0 radical (unpaired) electrons. The van der Waals surface area contributed by atoms with E-state index in [9.17, 15) is 8.42 Å². The van der Waals surface area contributed by atoms with Crippen molar-refractivity contribution in [2.45, 2.75) is 6.54 Å². The molecule has 0 amide bonds. The van der Waals surface area contributed by atoms with Crippen molar-refractivity contribution in [1.82, 2.24) is 29.1 Å². The van der Waals surface area contributed by atoms with Crippen LogP contribution in [0.15, 0.2) is 18.5 Å². The summed E-state index contributed by atoms with van der Waals surface area (Å²) in [6.07, 6.45) is 4.45. The van der Waals surface area contributed by atoms with Gasteiger partial charge in [-0.1, -0.05) is 0 Å². The van der Waals surface area contributed by atoms with Crippen LogP contribution in [-0.4, -0.2) is 97.3 Å². The maximum absolute atomic E-state index is 12.4. The zero-order chi connectivity index (χ0) is 23.6. The molecule has 4 heterocycles. The van der Waals surface area contributed by atoms with Crippen LogP contribution in [0.1, 0.15) is 4.88 Å². The molecule has 0 saturated carbocycles. The second kappa shape index (κ2) is 9.81. The highest BCUT2D eigenvalue weighted by atomic mass is 32.2. The summed E-state index contributed by atoms with van der Waals surface area (Å²) < 4.78 is 31.8. The number of nitrogens with zero attached hydrogens (tertiary/aromatic N) is 7. The Hall–Kier alpha value is -2.45. The number of aromatic nitrogens is 4. The predicted octanol–water partition coefficient (Wildman–Crippen LogP) is 0.890. The molecule has 13 heteroatoms. The van der Waals surface area contributed by atoms with Crippen molar-refractivity contribution in [2.75, 3.05) is 70.4 Å². The summed E-state index contributed by atoms with van der Waals surface area (Å²) in [4.78, 5) is 23.5. The van der Waals surface area contributed by atoms with Crippen molar-refractivity contribution in [3.05, 3.63) is 23.3 Å². The first-order valence-corrected chi connectivity index (χ1v) is 13.2. The molecule has 1 saturated heterocycles. The van der Waals surface area contributed by atoms with Crippen molar-refractivity contribution in [1.29, 1.82) is 0 Å². The molecule has 2 N–H and O–H groups in total. The number of nitrogens with two attached hydrogens (primary N) is 1. The standard InChI is InChI=1S/C20H28N8O3S2/c1-26(2)4-5-28(33(3,29)30)13-15-10-16-18(27-6-8-31-9-7-27)24-17(25-19(16)32-15)14-11-22-20(21)23-12-14/h10-12H,4-9,13H2,1-3H3,(H2,21,22,23). The van der Waals surface area contributed by atoms with E-state index < -0.39 is 10.0 Å². The lowest BCUT2D eigenvalue weighted by atomic mass is 10.2. The lowest BCUT2D eigenvalue weighted by Crippen LogP contribution is -2.37. The molecule has 0 bridgehead atoms. The van der Waals surface area contributed by atoms with Crippen LogP contribution in [-0.2, 0) is 21.3 Å². The second-order valence-electron chi connectivity index (χ2n) is 8.13. The van der Waals surface area contributed by atoms with Crippen LogP contribution in [0.5, 0.6) is 0 Å². The fraction of sp³-hybridized carbons (Fsp3) is 0.500. The van der Waals surface area contributed by atoms with Gasteiger partial charge in [-0.3, -0.25) is 0 Å². The number of hydrogen-bond donors (Lipinski definition) is 1. The molecule has 0 spiro atoms. The molecule has 1 aliphatic rings. The molecule has 11 nitrogen and oxygen atoms in total. The van der Waals surface area contributed by atoms with E-state index in [1.54, 1.807) is 12.4 Å². The summed E-state index contributed by atoms with van der Waals surface area (Å²) in [7, 11) is 0.486. The topological polar surface area (TPSA) is 131 Å². The van der Waals surface area contributed by atoms with Crippen molar-refractivity contribution in [3.63, 3.8) is 0 Å². The summed E-state index contributed by atoms with van der Waals surface area (Å²) >= 11 is 1.47. The molecule has 4 rings (SSSR count). The quantitative estimate of drug-likeness (QED) is 0.484. The number of ether oxygens (including phenoxy) is 1. The predicted molar refractivity (Wildman–Crippen MR) is 130 cm³/mol. The zero-order valence-corrected chi connectivity index (χ0v) is 20.6. The van der Waals surface area contributed by atoms with Gasteiger partial charge in [0.1, 0.15) is 10.6 Å². The van der Waals surface area contributed by atoms with E-state index in [2.05, 4.69) is 14.9 Å². The minimum absolute atomic E-state index is 0.185. The number of hydrogen-bond acceptors (Lipinski definition) is 11. The first-order chi connectivity index (χ1) is 15.7. The molecule has 1 fully saturated rings. The van der Waals surface area contributed by atoms with E-state index in [-0.39, 0.29) is 12.5 Å². The smallest absolute Gasteiger partial charge is 0.219 e. The molecule has 33 heavy (non-hydrogen) atoms. The molecular weight excluding hydrogens is 464 g/mol. The zero-order valence-electron chi connectivity index (χ0n) is 18.9. The van der Waals surface area contributed by atoms with Crippen LogP contribution in [0, 0.1) is 0 Å². The van der Waals surface area contributed by atoms with E-state index in [1.807, 2.05) is 25.1 Å². The minimum atomic E-state index is -3.36. The number of rotatable bonds is 8. The Morgan fingerprint density at radius 2 is 1.85 bits per heavy atom. The Labute approximate surface area is 197 Å². The van der Waals surface area contributed by atoms with E-state index in [0.717, 1.165) is 20.9 Å². The highest BCUT2D eigenvalue weighted by Gasteiger charge is 2.23. The highest BCUT2D eigenvalue weighted by Crippen LogP contribution is 2.34. The summed E-state index contributed by atoms with van der Waals surface area (Å²) in [5, 5.41) is 0.901. The number of morpholine rings is 1. The van der Waals surface area contributed by atoms with Crippen molar-refractivity contribution in [3.8, 4) is 11.4 Å². The van der Waals surface area contributed by atoms with Gasteiger partial charge in [0.2, 0.25) is 16.0 Å². The summed E-state index contributed by atoms with van der Waals surface area (Å²) in [6, 6.07) is 2.00. The summed E-state index contributed by atoms with van der Waals surface area (Å²) in [5.74, 6) is 1.49. The number of thiophene rings is 1. The first kappa shape index (κ1) is 23.7. The molecular formula is C20H28N8O3S2. The Balaban J connectivity index is 1.74. The summed E-state index contributed by atoms with van der Waals surface area (Å²) in [5.41, 5.74) is 6.30. The SMILES string of the molecule is CN(C)CCN(Cc1cc2c(N3CCOCC3)nc(-c3cnc(N)nc3)nc2s1)S(C)(=O)=O. The fourth-order valence-electron chi connectivity index (χ4n) is 3.48. The van der Waals surface area contributed by atoms with Gasteiger partial charge in [0.05, 0.1) is 30.4 Å². The van der Waals surface area contributed by atoms with Gasteiger partial charge in [-0.05, 0) is 20.2 Å². The molecule has 0 aliphatic carbocycles. The van der Waals surface area contributed by atoms with E-state index in [0.29, 0.717) is 50.8 Å². The van der Waals surface area contributed by atoms with Crippen molar-refractivity contribution >= 4 is 43.3 Å². The Bertz CT molecular complexity index is 1210. The number of nitrogen functional groups attached to an aromatic ring is 1. The molecule has 3 aromatic heterocycles. The Morgan fingerprint density at radius 3 is 2.48 bits per heavy atom. The van der Waals surface area contributed by atoms with Crippen LogP contribution in [0.4, 0.5) is 11.8 Å². The number of sulfonamides is 1. The maximum Gasteiger partial charge on any atom is 0.219 e. The van der Waals surface area contributed by atoms with E-state index >= 15 is 0 Å². The van der Waals surface area contributed by atoms with Crippen LogP contribution in [0.2, 0.25) is 0 Å². The number of fused-ring (bicyclic) bond motifs is 1. The molecule has 178 valence electrons. The third kappa shape index (κ3) is 5.73. The van der Waals surface area contributed by atoms with Crippen LogP contribution in [0.3, 0.4) is 0 Å². The molecule has 0 unspecified atom stereocenters. The van der Waals surface area contributed by atoms with Crippen LogP contribution in [0.25, 0.3) is 21.6 Å². The molecule has 3 aromatic rings. The first-order valence-electron chi connectivity index (χ1n) is 10.5. The lowest BCUT2D eigenvalue weighted by molar-refractivity contribution is 0.122. The van der Waals surface area contributed by atoms with Crippen LogP contribution < -0.4 is 10.6 Å². The third-order valence-corrected chi connectivity index (χ3v) is 7.53. The van der Waals surface area contributed by atoms with Gasteiger partial charge in [-0.2, -0.15) is 4.31 Å². The van der Waals surface area contributed by atoms with Crippen LogP contribution >= 0.6 is 11.3 Å². The third-order valence-electron chi connectivity index (χ3n) is 5.26. The van der Waals surface area contributed by atoms with Crippen molar-refractivity contribution in [2.24, 2.45) is 0 Å². The lowest BCUT2D eigenvalue weighted by Gasteiger charge is -2.28. The number of likely N-dealkylation sites (N-methyl/N-ethyl adjacent to an activating group) is 1. The Morgan fingerprint density at radius 1 is 1.15 bits per heavy atom. The normalized spacial score (nSPS) is 15.1. The number of anilines is 2.